The molecule has 10 heteroatoms. The van der Waals surface area contributed by atoms with Crippen LogP contribution in [-0.4, -0.2) is 42.2 Å². The molecular formula is C19H17CuN3O6-2. The van der Waals surface area contributed by atoms with Gasteiger partial charge in [-0.1, -0.05) is 6.07 Å². The topological polar surface area (TPSA) is 136 Å². The van der Waals surface area contributed by atoms with Crippen molar-refractivity contribution in [2.45, 2.75) is 0 Å². The molecule has 1 aromatic rings. The number of rotatable bonds is 2. The van der Waals surface area contributed by atoms with Crippen LogP contribution >= 0.6 is 0 Å². The fraction of sp³-hybridized carbons (Fsp3) is 0.105. The zero-order chi connectivity index (χ0) is 20.8. The molecule has 1 heterocycles. The van der Waals surface area contributed by atoms with E-state index in [0.29, 0.717) is 11.5 Å². The Morgan fingerprint density at radius 2 is 1.17 bits per heavy atom. The first-order valence-corrected chi connectivity index (χ1v) is 7.77. The van der Waals surface area contributed by atoms with Crippen molar-refractivity contribution in [1.82, 2.24) is 4.98 Å². The summed E-state index contributed by atoms with van der Waals surface area (Å²) in [5.41, 5.74) is -0.184. The number of methoxy groups -OCH3 is 2. The number of allylic oxidation sites excluding steroid dienone is 6. The SMILES string of the molecule is COC1=CC(=O)/C(=N/[O-])C=C1.COC1=CC(=O)/C(=N/[O-])C=C1.[Cu].c1ccncc1. The molecule has 2 aliphatic carbocycles. The summed E-state index contributed by atoms with van der Waals surface area (Å²) in [4.78, 5) is 25.5. The van der Waals surface area contributed by atoms with E-state index in [-0.39, 0.29) is 28.5 Å². The summed E-state index contributed by atoms with van der Waals surface area (Å²) >= 11 is 0. The fourth-order valence-electron chi connectivity index (χ4n) is 1.71. The first kappa shape index (κ1) is 25.5. The number of carbonyl (C=O) groups excluding carboxylic acids is 2. The molecule has 29 heavy (non-hydrogen) atoms. The molecule has 0 atom stereocenters. The Morgan fingerprint density at radius 1 is 0.759 bits per heavy atom. The van der Waals surface area contributed by atoms with E-state index >= 15 is 0 Å². The number of ketones is 2. The Kier molecular flexibility index (Phi) is 12.8. The van der Waals surface area contributed by atoms with E-state index in [4.69, 9.17) is 9.47 Å². The van der Waals surface area contributed by atoms with E-state index in [1.807, 2.05) is 18.2 Å². The van der Waals surface area contributed by atoms with Crippen LogP contribution in [0.15, 0.2) is 88.9 Å². The van der Waals surface area contributed by atoms with Gasteiger partial charge in [-0.25, -0.2) is 0 Å². The van der Waals surface area contributed by atoms with E-state index in [9.17, 15) is 20.0 Å². The van der Waals surface area contributed by atoms with Crippen molar-refractivity contribution in [3.8, 4) is 0 Å². The molecule has 1 radical (unpaired) electrons. The average molecular weight is 447 g/mol. The van der Waals surface area contributed by atoms with Crippen molar-refractivity contribution in [2.24, 2.45) is 10.3 Å². The monoisotopic (exact) mass is 446 g/mol. The second-order valence-electron chi connectivity index (χ2n) is 4.87. The van der Waals surface area contributed by atoms with E-state index in [0.717, 1.165) is 0 Å². The number of ether oxygens (including phenoxy) is 2. The van der Waals surface area contributed by atoms with Crippen LogP contribution in [0.25, 0.3) is 0 Å². The predicted molar refractivity (Wildman–Crippen MR) is 104 cm³/mol. The molecule has 0 aliphatic heterocycles. The third kappa shape index (κ3) is 9.32. The Bertz CT molecular complexity index is 775. The molecule has 0 unspecified atom stereocenters. The summed E-state index contributed by atoms with van der Waals surface area (Å²) in [6.45, 7) is 0. The number of pyridine rings is 1. The largest absolute Gasteiger partial charge is 0.791 e. The van der Waals surface area contributed by atoms with Crippen LogP contribution in [0.3, 0.4) is 0 Å². The fourth-order valence-corrected chi connectivity index (χ4v) is 1.71. The zero-order valence-corrected chi connectivity index (χ0v) is 16.4. The van der Waals surface area contributed by atoms with Gasteiger partial charge in [0.15, 0.2) is 0 Å². The van der Waals surface area contributed by atoms with Crippen molar-refractivity contribution in [1.29, 1.82) is 0 Å². The summed E-state index contributed by atoms with van der Waals surface area (Å²) < 4.78 is 9.50. The molecule has 0 saturated heterocycles. The van der Waals surface area contributed by atoms with Crippen molar-refractivity contribution < 1.29 is 36.1 Å². The first-order chi connectivity index (χ1) is 13.5. The zero-order valence-electron chi connectivity index (χ0n) is 15.4. The van der Waals surface area contributed by atoms with E-state index in [1.165, 1.54) is 50.7 Å². The maximum Gasteiger partial charge on any atom is 0.207 e. The summed E-state index contributed by atoms with van der Waals surface area (Å²) in [5.74, 6) is 0.0310. The molecule has 0 N–H and O–H groups in total. The normalized spacial score (nSPS) is 17.0. The minimum Gasteiger partial charge on any atom is -0.791 e. The molecule has 9 nitrogen and oxygen atoms in total. The molecule has 0 spiro atoms. The van der Waals surface area contributed by atoms with Crippen LogP contribution in [-0.2, 0) is 36.1 Å². The Balaban J connectivity index is 0.000000415. The Hall–Kier alpha value is -3.49. The van der Waals surface area contributed by atoms with Gasteiger partial charge in [0.1, 0.15) is 11.5 Å². The molecule has 157 valence electrons. The van der Waals surface area contributed by atoms with E-state index in [1.54, 1.807) is 12.4 Å². The second-order valence-corrected chi connectivity index (χ2v) is 4.87. The van der Waals surface area contributed by atoms with Gasteiger partial charge in [-0.3, -0.25) is 14.6 Å². The maximum atomic E-state index is 10.9. The van der Waals surface area contributed by atoms with Crippen LogP contribution in [0.5, 0.6) is 0 Å². The van der Waals surface area contributed by atoms with Gasteiger partial charge in [0, 0.05) is 41.6 Å². The van der Waals surface area contributed by atoms with Gasteiger partial charge in [0.25, 0.3) is 0 Å². The van der Waals surface area contributed by atoms with Crippen LogP contribution in [0.1, 0.15) is 0 Å². The Morgan fingerprint density at radius 3 is 1.38 bits per heavy atom. The third-order valence-corrected chi connectivity index (χ3v) is 3.10. The average Bonchev–Trinajstić information content (AvgIpc) is 2.75. The summed E-state index contributed by atoms with van der Waals surface area (Å²) in [6.07, 6.45) is 11.6. The molecular weight excluding hydrogens is 430 g/mol. The van der Waals surface area contributed by atoms with Gasteiger partial charge < -0.3 is 30.2 Å². The molecule has 0 fully saturated rings. The summed E-state index contributed by atoms with van der Waals surface area (Å²) in [6, 6.07) is 5.72. The molecule has 2 aliphatic rings. The standard InChI is InChI=1S/2C7H7NO3.C5H5N.Cu/c2*1-11-5-2-3-6(8-10)7(9)4-5;1-2-4-6-5-3-1;/h2*2-4,10H,1H3;1-5H;/p-2/b2*8-6+;;. The van der Waals surface area contributed by atoms with Gasteiger partial charge in [0.05, 0.1) is 25.6 Å². The number of hydrogen-bond donors (Lipinski definition) is 0. The smallest absolute Gasteiger partial charge is 0.207 e. The van der Waals surface area contributed by atoms with Crippen molar-refractivity contribution in [3.05, 3.63) is 89.0 Å². The Labute approximate surface area is 177 Å². The summed E-state index contributed by atoms with van der Waals surface area (Å²) in [7, 11) is 2.89. The predicted octanol–water partition coefficient (Wildman–Crippen LogP) is 2.27. The van der Waals surface area contributed by atoms with Crippen molar-refractivity contribution in [3.63, 3.8) is 0 Å². The van der Waals surface area contributed by atoms with Crippen LogP contribution < -0.4 is 0 Å². The van der Waals surface area contributed by atoms with Gasteiger partial charge in [-0.15, -0.1) is 0 Å². The van der Waals surface area contributed by atoms with E-state index < -0.39 is 11.6 Å². The third-order valence-electron chi connectivity index (χ3n) is 3.10. The van der Waals surface area contributed by atoms with Crippen molar-refractivity contribution >= 4 is 23.0 Å². The number of aromatic nitrogens is 1. The molecule has 0 aromatic carbocycles. The van der Waals surface area contributed by atoms with Gasteiger partial charge >= 0.3 is 0 Å². The first-order valence-electron chi connectivity index (χ1n) is 7.77. The van der Waals surface area contributed by atoms with Crippen molar-refractivity contribution in [2.75, 3.05) is 14.2 Å². The molecule has 3 rings (SSSR count). The van der Waals surface area contributed by atoms with Gasteiger partial charge in [-0.2, -0.15) is 0 Å². The van der Waals surface area contributed by atoms with E-state index in [2.05, 4.69) is 15.3 Å². The minimum absolute atomic E-state index is 0. The molecule has 0 amide bonds. The minimum atomic E-state index is -0.417. The summed E-state index contributed by atoms with van der Waals surface area (Å²) in [5, 5.41) is 24.9. The second kappa shape index (κ2) is 14.6. The van der Waals surface area contributed by atoms with Crippen LogP contribution in [0.4, 0.5) is 0 Å². The van der Waals surface area contributed by atoms with Gasteiger partial charge in [0.2, 0.25) is 11.6 Å². The number of nitrogens with zero attached hydrogens (tertiary/aromatic N) is 3. The quantitative estimate of drug-likeness (QED) is 0.386. The maximum absolute atomic E-state index is 10.9. The molecule has 1 aromatic heterocycles. The molecule has 0 bridgehead atoms. The molecule has 0 saturated carbocycles. The van der Waals surface area contributed by atoms with Crippen LogP contribution in [0, 0.1) is 10.4 Å². The van der Waals surface area contributed by atoms with Crippen LogP contribution in [0.2, 0.25) is 0 Å². The number of hydrogen-bond acceptors (Lipinski definition) is 9. The van der Waals surface area contributed by atoms with Gasteiger partial charge in [-0.05, 0) is 36.4 Å². The number of carbonyl (C=O) groups is 2.